The van der Waals surface area contributed by atoms with Crippen molar-refractivity contribution in [2.45, 2.75) is 24.8 Å². The van der Waals surface area contributed by atoms with E-state index in [1.807, 2.05) is 0 Å². The van der Waals surface area contributed by atoms with Crippen LogP contribution in [0.1, 0.15) is 12.5 Å². The molecule has 8 nitrogen and oxygen atoms in total. The van der Waals surface area contributed by atoms with E-state index in [2.05, 4.69) is 4.72 Å². The maximum absolute atomic E-state index is 12.4. The van der Waals surface area contributed by atoms with Gasteiger partial charge in [0.1, 0.15) is 5.75 Å². The van der Waals surface area contributed by atoms with E-state index in [4.69, 9.17) is 9.47 Å². The van der Waals surface area contributed by atoms with Crippen molar-refractivity contribution in [3.8, 4) is 5.75 Å². The summed E-state index contributed by atoms with van der Waals surface area (Å²) >= 11 is 0. The highest BCUT2D eigenvalue weighted by molar-refractivity contribution is 7.90. The van der Waals surface area contributed by atoms with Crippen LogP contribution < -0.4 is 9.46 Å². The minimum absolute atomic E-state index is 0.102. The van der Waals surface area contributed by atoms with Crippen molar-refractivity contribution in [2.75, 3.05) is 39.2 Å². The van der Waals surface area contributed by atoms with Crippen LogP contribution in [0.2, 0.25) is 0 Å². The van der Waals surface area contributed by atoms with E-state index < -0.39 is 20.0 Å². The summed E-state index contributed by atoms with van der Waals surface area (Å²) in [6, 6.07) is 4.35. The number of morpholine rings is 1. The molecule has 10 heteroatoms. The molecule has 1 atom stereocenters. The molecule has 1 saturated heterocycles. The zero-order chi connectivity index (χ0) is 18.7. The highest BCUT2D eigenvalue weighted by atomic mass is 32.2. The maximum atomic E-state index is 12.4. The van der Waals surface area contributed by atoms with Crippen LogP contribution >= 0.6 is 0 Å². The van der Waals surface area contributed by atoms with Crippen LogP contribution in [0.4, 0.5) is 0 Å². The molecule has 2 rings (SSSR count). The van der Waals surface area contributed by atoms with Crippen molar-refractivity contribution in [1.29, 1.82) is 0 Å². The molecule has 0 aromatic heterocycles. The van der Waals surface area contributed by atoms with Gasteiger partial charge in [-0.05, 0) is 37.6 Å². The first-order valence-corrected chi connectivity index (χ1v) is 11.0. The summed E-state index contributed by atoms with van der Waals surface area (Å²) in [6.07, 6.45) is 0. The lowest BCUT2D eigenvalue weighted by Gasteiger charge is -2.32. The van der Waals surface area contributed by atoms with Crippen LogP contribution in [0, 0.1) is 6.92 Å². The highest BCUT2D eigenvalue weighted by Gasteiger charge is 2.30. The summed E-state index contributed by atoms with van der Waals surface area (Å²) < 4.78 is 63.6. The number of sulfonamides is 2. The average molecular weight is 392 g/mol. The average Bonchev–Trinajstić information content (AvgIpc) is 2.54. The standard InChI is InChI=1S/C15H24N2O6S2/c1-12-10-14(22-3)4-5-15(12)25(20,21)16-6-9-24(18,19)17-7-8-23-11-13(17)2/h4-5,10,13,16H,6-9,11H2,1-3H3. The van der Waals surface area contributed by atoms with Gasteiger partial charge < -0.3 is 9.47 Å². The van der Waals surface area contributed by atoms with E-state index in [1.165, 1.54) is 17.5 Å². The van der Waals surface area contributed by atoms with Crippen LogP contribution in [0.15, 0.2) is 23.1 Å². The van der Waals surface area contributed by atoms with Gasteiger partial charge in [-0.3, -0.25) is 0 Å². The minimum atomic E-state index is -3.80. The topological polar surface area (TPSA) is 102 Å². The number of benzene rings is 1. The second kappa shape index (κ2) is 8.00. The van der Waals surface area contributed by atoms with Gasteiger partial charge in [0.05, 0.1) is 31.0 Å². The van der Waals surface area contributed by atoms with Crippen molar-refractivity contribution in [1.82, 2.24) is 9.03 Å². The third-order valence-electron chi connectivity index (χ3n) is 3.99. The SMILES string of the molecule is COc1ccc(S(=O)(=O)NCCS(=O)(=O)N2CCOCC2C)c(C)c1. The van der Waals surface area contributed by atoms with Crippen LogP contribution in [-0.4, -0.2) is 66.3 Å². The molecule has 0 radical (unpaired) electrons. The van der Waals surface area contributed by atoms with E-state index in [0.717, 1.165) is 0 Å². The van der Waals surface area contributed by atoms with Gasteiger partial charge in [0, 0.05) is 19.1 Å². The molecule has 0 spiro atoms. The first kappa shape index (κ1) is 20.1. The molecule has 1 N–H and O–H groups in total. The molecule has 142 valence electrons. The van der Waals surface area contributed by atoms with Gasteiger partial charge in [0.15, 0.2) is 0 Å². The van der Waals surface area contributed by atoms with Crippen LogP contribution in [0.25, 0.3) is 0 Å². The lowest BCUT2D eigenvalue weighted by atomic mass is 10.2. The van der Waals surface area contributed by atoms with Gasteiger partial charge in [-0.15, -0.1) is 0 Å². The van der Waals surface area contributed by atoms with Gasteiger partial charge in [-0.1, -0.05) is 0 Å². The maximum Gasteiger partial charge on any atom is 0.240 e. The summed E-state index contributed by atoms with van der Waals surface area (Å²) in [4.78, 5) is 0.102. The molecular weight excluding hydrogens is 368 g/mol. The summed E-state index contributed by atoms with van der Waals surface area (Å²) in [5.74, 6) is 0.256. The van der Waals surface area contributed by atoms with Crippen LogP contribution in [0.5, 0.6) is 5.75 Å². The molecule has 0 bridgehead atoms. The number of hydrogen-bond donors (Lipinski definition) is 1. The fourth-order valence-corrected chi connectivity index (χ4v) is 5.62. The van der Waals surface area contributed by atoms with Gasteiger partial charge >= 0.3 is 0 Å². The molecule has 1 aliphatic heterocycles. The molecular formula is C15H24N2O6S2. The zero-order valence-electron chi connectivity index (χ0n) is 14.6. The van der Waals surface area contributed by atoms with Crippen LogP contribution in [-0.2, 0) is 24.8 Å². The number of rotatable bonds is 7. The molecule has 1 aliphatic rings. The molecule has 1 aromatic rings. The Balaban J connectivity index is 2.02. The lowest BCUT2D eigenvalue weighted by Crippen LogP contribution is -2.49. The van der Waals surface area contributed by atoms with Gasteiger partial charge in [-0.2, -0.15) is 4.31 Å². The third kappa shape index (κ3) is 4.91. The summed E-state index contributed by atoms with van der Waals surface area (Å²) in [6.45, 7) is 4.20. The van der Waals surface area contributed by atoms with Gasteiger partial charge in [0.2, 0.25) is 20.0 Å². The second-order valence-electron chi connectivity index (χ2n) is 5.88. The van der Waals surface area contributed by atoms with E-state index >= 15 is 0 Å². The summed E-state index contributed by atoms with van der Waals surface area (Å²) in [7, 11) is -5.85. The van der Waals surface area contributed by atoms with E-state index in [1.54, 1.807) is 26.0 Å². The number of ether oxygens (including phenoxy) is 2. The van der Waals surface area contributed by atoms with Crippen molar-refractivity contribution in [3.05, 3.63) is 23.8 Å². The second-order valence-corrected chi connectivity index (χ2v) is 9.66. The smallest absolute Gasteiger partial charge is 0.240 e. The Morgan fingerprint density at radius 3 is 2.64 bits per heavy atom. The molecule has 1 heterocycles. The number of aryl methyl sites for hydroxylation is 1. The molecule has 1 fully saturated rings. The Morgan fingerprint density at radius 2 is 2.04 bits per heavy atom. The van der Waals surface area contributed by atoms with Gasteiger partial charge in [0.25, 0.3) is 0 Å². The molecule has 0 aliphatic carbocycles. The predicted octanol–water partition coefficient (Wildman–Crippen LogP) is 0.332. The first-order chi connectivity index (χ1) is 11.7. The zero-order valence-corrected chi connectivity index (χ0v) is 16.2. The summed E-state index contributed by atoms with van der Waals surface area (Å²) in [5, 5.41) is 0. The Hall–Kier alpha value is -1.20. The van der Waals surface area contributed by atoms with Gasteiger partial charge in [-0.25, -0.2) is 21.6 Å². The van der Waals surface area contributed by atoms with Crippen molar-refractivity contribution in [2.24, 2.45) is 0 Å². The fraction of sp³-hybridized carbons (Fsp3) is 0.600. The van der Waals surface area contributed by atoms with Crippen LogP contribution in [0.3, 0.4) is 0 Å². The molecule has 1 aromatic carbocycles. The van der Waals surface area contributed by atoms with Crippen molar-refractivity contribution in [3.63, 3.8) is 0 Å². The van der Waals surface area contributed by atoms with E-state index in [-0.39, 0.29) is 29.8 Å². The Bertz CT molecular complexity index is 807. The molecule has 0 amide bonds. The fourth-order valence-electron chi connectivity index (χ4n) is 2.68. The minimum Gasteiger partial charge on any atom is -0.497 e. The van der Waals surface area contributed by atoms with E-state index in [0.29, 0.717) is 24.5 Å². The number of nitrogens with one attached hydrogen (secondary N) is 1. The quantitative estimate of drug-likeness (QED) is 0.718. The normalized spacial score (nSPS) is 19.7. The van der Waals surface area contributed by atoms with Crippen molar-refractivity contribution >= 4 is 20.0 Å². The molecule has 0 saturated carbocycles. The Morgan fingerprint density at radius 1 is 1.32 bits per heavy atom. The third-order valence-corrected chi connectivity index (χ3v) is 7.59. The first-order valence-electron chi connectivity index (χ1n) is 7.89. The lowest BCUT2D eigenvalue weighted by molar-refractivity contribution is 0.0393. The highest BCUT2D eigenvalue weighted by Crippen LogP contribution is 2.20. The van der Waals surface area contributed by atoms with Crippen molar-refractivity contribution < 1.29 is 26.3 Å². The number of methoxy groups -OCH3 is 1. The molecule has 1 unspecified atom stereocenters. The number of hydrogen-bond acceptors (Lipinski definition) is 6. The molecule has 25 heavy (non-hydrogen) atoms. The Labute approximate surface area is 149 Å². The van der Waals surface area contributed by atoms with E-state index in [9.17, 15) is 16.8 Å². The summed E-state index contributed by atoms with van der Waals surface area (Å²) in [5.41, 5.74) is 0.525. The monoisotopic (exact) mass is 392 g/mol. The largest absolute Gasteiger partial charge is 0.497 e. The number of nitrogens with zero attached hydrogens (tertiary/aromatic N) is 1. The Kier molecular flexibility index (Phi) is 6.44. The predicted molar refractivity (Wildman–Crippen MR) is 93.7 cm³/mol.